The monoisotopic (exact) mass is 467 g/mol. The van der Waals surface area contributed by atoms with Gasteiger partial charge in [0.15, 0.2) is 16.9 Å². The lowest BCUT2D eigenvalue weighted by Crippen LogP contribution is -2.19. The lowest BCUT2D eigenvalue weighted by molar-refractivity contribution is -0.142. The number of carboxylic acid groups (broad SMARTS) is 2. The first-order chi connectivity index (χ1) is 16.2. The molecule has 34 heavy (non-hydrogen) atoms. The Morgan fingerprint density at radius 2 is 1.74 bits per heavy atom. The molecular formula is C23H25N5O6. The number of hydrogen-bond donors (Lipinski definition) is 4. The Balaban J connectivity index is 1.49. The van der Waals surface area contributed by atoms with Crippen LogP contribution in [0.1, 0.15) is 53.7 Å². The van der Waals surface area contributed by atoms with Crippen molar-refractivity contribution in [1.29, 1.82) is 0 Å². The first kappa shape index (κ1) is 24.5. The van der Waals surface area contributed by atoms with Crippen molar-refractivity contribution in [2.75, 3.05) is 5.73 Å². The Morgan fingerprint density at radius 1 is 1.03 bits per heavy atom. The Labute approximate surface area is 194 Å². The fourth-order valence-corrected chi connectivity index (χ4v) is 3.54. The molecule has 0 fully saturated rings. The standard InChI is InChI=1S/C23H25N5O6/c24-23-27-20-19(21(32)28-23)26-16(12-25-20)4-2-1-3-13-5-7-14(8-6-13)17(29)11-15(22(33)34)9-10-18(30)31/h5-8,12,15H,1-4,9-11H2,(H,30,31)(H,33,34)(H3,24,25,27,28,32). The number of ketones is 1. The van der Waals surface area contributed by atoms with Crippen molar-refractivity contribution < 1.29 is 24.6 Å². The minimum Gasteiger partial charge on any atom is -0.481 e. The van der Waals surface area contributed by atoms with Crippen molar-refractivity contribution in [2.24, 2.45) is 5.92 Å². The number of hydrogen-bond acceptors (Lipinski definition) is 8. The molecule has 0 amide bonds. The number of fused-ring (bicyclic) bond motifs is 1. The number of benzene rings is 1. The SMILES string of the molecule is Nc1nc2ncc(CCCCc3ccc(C(=O)CC(CCC(=O)O)C(=O)O)cc3)nc2c(=O)[nH]1. The highest BCUT2D eigenvalue weighted by Gasteiger charge is 2.22. The molecule has 2 heterocycles. The first-order valence-electron chi connectivity index (χ1n) is 10.8. The smallest absolute Gasteiger partial charge is 0.306 e. The second-order valence-corrected chi connectivity index (χ2v) is 7.98. The maximum Gasteiger partial charge on any atom is 0.306 e. The molecule has 0 aliphatic rings. The zero-order valence-corrected chi connectivity index (χ0v) is 18.4. The number of carbonyl (C=O) groups excluding carboxylic acids is 1. The summed E-state index contributed by atoms with van der Waals surface area (Å²) in [6.07, 6.45) is 4.02. The van der Waals surface area contributed by atoms with E-state index in [0.29, 0.717) is 17.7 Å². The van der Waals surface area contributed by atoms with E-state index in [0.717, 1.165) is 24.8 Å². The van der Waals surface area contributed by atoms with Gasteiger partial charge in [0.1, 0.15) is 0 Å². The van der Waals surface area contributed by atoms with Gasteiger partial charge in [-0.1, -0.05) is 24.3 Å². The van der Waals surface area contributed by atoms with Crippen LogP contribution in [-0.2, 0) is 22.4 Å². The summed E-state index contributed by atoms with van der Waals surface area (Å²) in [5, 5.41) is 18.0. The summed E-state index contributed by atoms with van der Waals surface area (Å²) in [5.41, 5.74) is 7.54. The summed E-state index contributed by atoms with van der Waals surface area (Å²) in [7, 11) is 0. The summed E-state index contributed by atoms with van der Waals surface area (Å²) in [6.45, 7) is 0. The molecule has 2 aromatic heterocycles. The number of aromatic amines is 1. The van der Waals surface area contributed by atoms with E-state index in [1.165, 1.54) is 0 Å². The first-order valence-corrected chi connectivity index (χ1v) is 10.8. The van der Waals surface area contributed by atoms with Gasteiger partial charge in [-0.05, 0) is 37.7 Å². The molecule has 0 aliphatic heterocycles. The minimum atomic E-state index is -1.17. The third-order valence-electron chi connectivity index (χ3n) is 5.40. The lowest BCUT2D eigenvalue weighted by Gasteiger charge is -2.10. The number of rotatable bonds is 12. The molecule has 1 atom stereocenters. The van der Waals surface area contributed by atoms with E-state index >= 15 is 0 Å². The largest absolute Gasteiger partial charge is 0.481 e. The average molecular weight is 467 g/mol. The second-order valence-electron chi connectivity index (χ2n) is 7.98. The van der Waals surface area contributed by atoms with Crippen LogP contribution in [0.2, 0.25) is 0 Å². The number of carboxylic acids is 2. The molecule has 0 spiro atoms. The molecule has 1 unspecified atom stereocenters. The number of anilines is 1. The normalized spacial score (nSPS) is 11.9. The number of aryl methyl sites for hydroxylation is 2. The van der Waals surface area contributed by atoms with Gasteiger partial charge in [0.2, 0.25) is 5.95 Å². The third kappa shape index (κ3) is 6.67. The maximum atomic E-state index is 12.4. The summed E-state index contributed by atoms with van der Waals surface area (Å²) in [4.78, 5) is 61.1. The molecule has 0 radical (unpaired) electrons. The number of nitrogens with one attached hydrogen (secondary N) is 1. The third-order valence-corrected chi connectivity index (χ3v) is 5.40. The molecule has 11 nitrogen and oxygen atoms in total. The van der Waals surface area contributed by atoms with Gasteiger partial charge in [-0.15, -0.1) is 0 Å². The Kier molecular flexibility index (Phi) is 8.01. The number of unbranched alkanes of at least 4 members (excludes halogenated alkanes) is 1. The molecule has 178 valence electrons. The van der Waals surface area contributed by atoms with E-state index in [-0.39, 0.29) is 42.2 Å². The highest BCUT2D eigenvalue weighted by Crippen LogP contribution is 2.17. The van der Waals surface area contributed by atoms with E-state index in [2.05, 4.69) is 19.9 Å². The van der Waals surface area contributed by atoms with Crippen LogP contribution in [0.3, 0.4) is 0 Å². The fraction of sp³-hybridized carbons (Fsp3) is 0.348. The minimum absolute atomic E-state index is 0.00726. The molecule has 0 saturated carbocycles. The predicted octanol–water partition coefficient (Wildman–Crippen LogP) is 2.00. The Morgan fingerprint density at radius 3 is 2.41 bits per heavy atom. The molecular weight excluding hydrogens is 442 g/mol. The van der Waals surface area contributed by atoms with Crippen LogP contribution in [0, 0.1) is 5.92 Å². The molecule has 0 saturated heterocycles. The summed E-state index contributed by atoms with van der Waals surface area (Å²) in [5.74, 6) is -3.62. The van der Waals surface area contributed by atoms with Crippen LogP contribution in [0.4, 0.5) is 5.95 Å². The van der Waals surface area contributed by atoms with E-state index in [1.807, 2.05) is 12.1 Å². The molecule has 0 bridgehead atoms. The van der Waals surface area contributed by atoms with Gasteiger partial charge in [0.25, 0.3) is 5.56 Å². The summed E-state index contributed by atoms with van der Waals surface area (Å²) < 4.78 is 0. The number of H-pyrrole nitrogens is 1. The number of carbonyl (C=O) groups is 3. The van der Waals surface area contributed by atoms with Gasteiger partial charge in [-0.3, -0.25) is 24.2 Å². The van der Waals surface area contributed by atoms with Gasteiger partial charge in [-0.25, -0.2) is 9.97 Å². The number of Topliss-reactive ketones (excluding diaryl/α,β-unsaturated/α-hetero) is 1. The summed E-state index contributed by atoms with van der Waals surface area (Å²) >= 11 is 0. The van der Waals surface area contributed by atoms with Crippen molar-refractivity contribution in [3.8, 4) is 0 Å². The van der Waals surface area contributed by atoms with Crippen LogP contribution in [0.15, 0.2) is 35.3 Å². The molecule has 3 rings (SSSR count). The van der Waals surface area contributed by atoms with Crippen molar-refractivity contribution in [1.82, 2.24) is 19.9 Å². The fourth-order valence-electron chi connectivity index (χ4n) is 3.54. The van der Waals surface area contributed by atoms with E-state index in [4.69, 9.17) is 10.8 Å². The van der Waals surface area contributed by atoms with Crippen molar-refractivity contribution in [2.45, 2.75) is 44.9 Å². The zero-order chi connectivity index (χ0) is 24.7. The number of nitrogens with zero attached hydrogens (tertiary/aromatic N) is 3. The number of nitrogens with two attached hydrogens (primary N) is 1. The van der Waals surface area contributed by atoms with Crippen LogP contribution in [-0.4, -0.2) is 47.9 Å². The van der Waals surface area contributed by atoms with Gasteiger partial charge in [-0.2, -0.15) is 4.98 Å². The predicted molar refractivity (Wildman–Crippen MR) is 122 cm³/mol. The Hall–Kier alpha value is -4.15. The van der Waals surface area contributed by atoms with Gasteiger partial charge in [0, 0.05) is 18.4 Å². The molecule has 5 N–H and O–H groups in total. The highest BCUT2D eigenvalue weighted by atomic mass is 16.4. The topological polar surface area (TPSA) is 189 Å². The van der Waals surface area contributed by atoms with Crippen LogP contribution in [0.5, 0.6) is 0 Å². The number of aliphatic carboxylic acids is 2. The van der Waals surface area contributed by atoms with Gasteiger partial charge < -0.3 is 15.9 Å². The highest BCUT2D eigenvalue weighted by molar-refractivity contribution is 5.98. The van der Waals surface area contributed by atoms with E-state index in [1.54, 1.807) is 18.3 Å². The lowest BCUT2D eigenvalue weighted by atomic mass is 9.93. The van der Waals surface area contributed by atoms with E-state index in [9.17, 15) is 24.3 Å². The van der Waals surface area contributed by atoms with Gasteiger partial charge >= 0.3 is 11.9 Å². The summed E-state index contributed by atoms with van der Waals surface area (Å²) in [6, 6.07) is 6.97. The Bertz CT molecular complexity index is 1250. The van der Waals surface area contributed by atoms with Crippen molar-refractivity contribution in [3.05, 3.63) is 57.6 Å². The zero-order valence-electron chi connectivity index (χ0n) is 18.4. The quantitative estimate of drug-likeness (QED) is 0.226. The average Bonchev–Trinajstić information content (AvgIpc) is 2.79. The molecule has 0 aliphatic carbocycles. The van der Waals surface area contributed by atoms with E-state index < -0.39 is 23.4 Å². The molecule has 3 aromatic rings. The van der Waals surface area contributed by atoms with Crippen LogP contribution < -0.4 is 11.3 Å². The number of aromatic nitrogens is 4. The van der Waals surface area contributed by atoms with Crippen LogP contribution >= 0.6 is 0 Å². The molecule has 11 heteroatoms. The maximum absolute atomic E-state index is 12.4. The van der Waals surface area contributed by atoms with Gasteiger partial charge in [0.05, 0.1) is 17.8 Å². The second kappa shape index (κ2) is 11.1. The van der Waals surface area contributed by atoms with Crippen molar-refractivity contribution >= 4 is 34.8 Å². The van der Waals surface area contributed by atoms with Crippen LogP contribution in [0.25, 0.3) is 11.2 Å². The van der Waals surface area contributed by atoms with Crippen molar-refractivity contribution in [3.63, 3.8) is 0 Å². The molecule has 1 aromatic carbocycles. The number of nitrogen functional groups attached to an aromatic ring is 1.